The summed E-state index contributed by atoms with van der Waals surface area (Å²) in [5.74, 6) is 0.670. The lowest BCUT2D eigenvalue weighted by atomic mass is 10.1. The number of para-hydroxylation sites is 1. The van der Waals surface area contributed by atoms with Crippen LogP contribution in [0.15, 0.2) is 24.3 Å². The van der Waals surface area contributed by atoms with E-state index in [0.29, 0.717) is 18.5 Å². The normalized spacial score (nSPS) is 9.62. The van der Waals surface area contributed by atoms with Crippen molar-refractivity contribution in [3.63, 3.8) is 0 Å². The van der Waals surface area contributed by atoms with Crippen LogP contribution in [-0.4, -0.2) is 24.6 Å². The molecule has 13 heavy (non-hydrogen) atoms. The maximum atomic E-state index is 10.1. The number of aldehydes is 1. The average Bonchev–Trinajstić information content (AvgIpc) is 2.17. The van der Waals surface area contributed by atoms with Gasteiger partial charge in [-0.2, -0.15) is 0 Å². The molecule has 1 N–H and O–H groups in total. The molecule has 0 atom stereocenters. The highest BCUT2D eigenvalue weighted by Gasteiger charge is 2.00. The van der Waals surface area contributed by atoms with Gasteiger partial charge in [0.2, 0.25) is 0 Å². The third-order valence-electron chi connectivity index (χ3n) is 1.66. The summed E-state index contributed by atoms with van der Waals surface area (Å²) in [6.45, 7) is 0.143. The molecular formula is C10H12O3. The summed E-state index contributed by atoms with van der Waals surface area (Å²) in [6.07, 6.45) is 1.25. The second kappa shape index (κ2) is 5.32. The molecule has 0 radical (unpaired) electrons. The summed E-state index contributed by atoms with van der Waals surface area (Å²) in [4.78, 5) is 10.1. The van der Waals surface area contributed by atoms with Crippen LogP contribution in [0.4, 0.5) is 0 Å². The van der Waals surface area contributed by atoms with Gasteiger partial charge in [0, 0.05) is 6.61 Å². The van der Waals surface area contributed by atoms with Gasteiger partial charge in [-0.25, -0.2) is 0 Å². The number of carbonyl (C=O) groups excluding carboxylic acids is 1. The van der Waals surface area contributed by atoms with Gasteiger partial charge in [-0.3, -0.25) is 4.79 Å². The molecule has 0 spiro atoms. The number of aliphatic hydroxyl groups excluding tert-OH is 1. The molecule has 0 aromatic heterocycles. The Morgan fingerprint density at radius 1 is 1.38 bits per heavy atom. The second-order valence-electron chi connectivity index (χ2n) is 2.56. The van der Waals surface area contributed by atoms with Crippen LogP contribution in [0.25, 0.3) is 0 Å². The number of carbonyl (C=O) groups is 1. The fourth-order valence-corrected chi connectivity index (χ4v) is 1.10. The molecule has 0 aliphatic heterocycles. The molecule has 1 rings (SSSR count). The summed E-state index contributed by atoms with van der Waals surface area (Å²) in [5.41, 5.74) is 0.923. The van der Waals surface area contributed by atoms with Crippen molar-refractivity contribution in [1.82, 2.24) is 0 Å². The van der Waals surface area contributed by atoms with E-state index in [-0.39, 0.29) is 13.2 Å². The van der Waals surface area contributed by atoms with Crippen molar-refractivity contribution in [3.05, 3.63) is 29.8 Å². The van der Waals surface area contributed by atoms with Crippen LogP contribution in [0.5, 0.6) is 5.75 Å². The van der Waals surface area contributed by atoms with Crippen LogP contribution < -0.4 is 4.74 Å². The largest absolute Gasteiger partial charge is 0.486 e. The zero-order chi connectivity index (χ0) is 9.52. The van der Waals surface area contributed by atoms with Crippen LogP contribution in [0, 0.1) is 0 Å². The molecule has 0 heterocycles. The Balaban J connectivity index is 2.71. The number of hydrogen-bond donors (Lipinski definition) is 1. The van der Waals surface area contributed by atoms with Crippen molar-refractivity contribution in [2.75, 3.05) is 13.2 Å². The summed E-state index contributed by atoms with van der Waals surface area (Å²) in [6, 6.07) is 7.37. The molecule has 0 unspecified atom stereocenters. The number of aliphatic hydroxyl groups is 1. The lowest BCUT2D eigenvalue weighted by Crippen LogP contribution is -2.01. The van der Waals surface area contributed by atoms with Crippen molar-refractivity contribution >= 4 is 6.29 Å². The predicted octanol–water partition coefficient (Wildman–Crippen LogP) is 0.799. The maximum Gasteiger partial charge on any atom is 0.157 e. The first-order chi connectivity index (χ1) is 6.38. The van der Waals surface area contributed by atoms with Crippen molar-refractivity contribution in [3.8, 4) is 5.75 Å². The first kappa shape index (κ1) is 9.74. The topological polar surface area (TPSA) is 46.5 Å². The standard InChI is InChI=1S/C10H12O3/c11-6-5-9-3-1-2-4-10(9)13-8-7-12/h1-4,7,11H,5-6,8H2. The van der Waals surface area contributed by atoms with Gasteiger partial charge in [-0.15, -0.1) is 0 Å². The SMILES string of the molecule is O=CCOc1ccccc1CCO. The van der Waals surface area contributed by atoms with Crippen molar-refractivity contribution in [1.29, 1.82) is 0 Å². The molecule has 0 bridgehead atoms. The lowest BCUT2D eigenvalue weighted by Gasteiger charge is -2.07. The van der Waals surface area contributed by atoms with Crippen LogP contribution in [-0.2, 0) is 11.2 Å². The fraction of sp³-hybridized carbons (Fsp3) is 0.300. The maximum absolute atomic E-state index is 10.1. The van der Waals surface area contributed by atoms with Crippen LogP contribution in [0.3, 0.4) is 0 Å². The van der Waals surface area contributed by atoms with Crippen LogP contribution in [0.1, 0.15) is 5.56 Å². The Morgan fingerprint density at radius 3 is 2.85 bits per heavy atom. The molecule has 0 saturated carbocycles. The summed E-state index contributed by atoms with van der Waals surface area (Å²) in [7, 11) is 0. The number of benzene rings is 1. The van der Waals surface area contributed by atoms with Gasteiger partial charge < -0.3 is 9.84 Å². The number of rotatable bonds is 5. The van der Waals surface area contributed by atoms with Gasteiger partial charge in [0.15, 0.2) is 6.29 Å². The Kier molecular flexibility index (Phi) is 3.99. The Hall–Kier alpha value is -1.35. The average molecular weight is 180 g/mol. The summed E-state index contributed by atoms with van der Waals surface area (Å²) < 4.78 is 5.16. The Morgan fingerprint density at radius 2 is 2.15 bits per heavy atom. The smallest absolute Gasteiger partial charge is 0.157 e. The van der Waals surface area contributed by atoms with Gasteiger partial charge in [-0.05, 0) is 18.1 Å². The molecule has 3 heteroatoms. The molecule has 70 valence electrons. The molecule has 0 aliphatic carbocycles. The van der Waals surface area contributed by atoms with E-state index in [1.165, 1.54) is 0 Å². The van der Waals surface area contributed by atoms with E-state index in [0.717, 1.165) is 5.56 Å². The van der Waals surface area contributed by atoms with Crippen molar-refractivity contribution in [2.45, 2.75) is 6.42 Å². The van der Waals surface area contributed by atoms with Crippen LogP contribution >= 0.6 is 0 Å². The van der Waals surface area contributed by atoms with Gasteiger partial charge >= 0.3 is 0 Å². The van der Waals surface area contributed by atoms with Gasteiger partial charge in [-0.1, -0.05) is 18.2 Å². The van der Waals surface area contributed by atoms with E-state index >= 15 is 0 Å². The minimum atomic E-state index is 0.0580. The molecule has 1 aromatic rings. The highest BCUT2D eigenvalue weighted by Crippen LogP contribution is 2.17. The molecule has 1 aromatic carbocycles. The Labute approximate surface area is 77.0 Å². The zero-order valence-corrected chi connectivity index (χ0v) is 7.27. The van der Waals surface area contributed by atoms with Crippen LogP contribution in [0.2, 0.25) is 0 Å². The number of hydrogen-bond acceptors (Lipinski definition) is 3. The van der Waals surface area contributed by atoms with Gasteiger partial charge in [0.25, 0.3) is 0 Å². The number of ether oxygens (including phenoxy) is 1. The monoisotopic (exact) mass is 180 g/mol. The van der Waals surface area contributed by atoms with E-state index in [1.807, 2.05) is 18.2 Å². The molecule has 0 saturated heterocycles. The van der Waals surface area contributed by atoms with E-state index < -0.39 is 0 Å². The molecule has 0 aliphatic rings. The van der Waals surface area contributed by atoms with E-state index in [1.54, 1.807) is 6.07 Å². The summed E-state index contributed by atoms with van der Waals surface area (Å²) in [5, 5.41) is 8.74. The van der Waals surface area contributed by atoms with E-state index in [9.17, 15) is 4.79 Å². The highest BCUT2D eigenvalue weighted by molar-refractivity contribution is 5.51. The molecule has 3 nitrogen and oxygen atoms in total. The fourth-order valence-electron chi connectivity index (χ4n) is 1.10. The predicted molar refractivity (Wildman–Crippen MR) is 48.8 cm³/mol. The zero-order valence-electron chi connectivity index (χ0n) is 7.27. The van der Waals surface area contributed by atoms with Gasteiger partial charge in [0.1, 0.15) is 12.4 Å². The molecular weight excluding hydrogens is 168 g/mol. The minimum Gasteiger partial charge on any atom is -0.486 e. The highest BCUT2D eigenvalue weighted by atomic mass is 16.5. The van der Waals surface area contributed by atoms with E-state index in [2.05, 4.69) is 0 Å². The quantitative estimate of drug-likeness (QED) is 0.682. The Bertz CT molecular complexity index is 271. The molecule has 0 fully saturated rings. The lowest BCUT2D eigenvalue weighted by molar-refractivity contribution is -0.109. The third kappa shape index (κ3) is 2.87. The van der Waals surface area contributed by atoms with Crippen molar-refractivity contribution in [2.24, 2.45) is 0 Å². The second-order valence-corrected chi connectivity index (χ2v) is 2.56. The van der Waals surface area contributed by atoms with E-state index in [4.69, 9.17) is 9.84 Å². The third-order valence-corrected chi connectivity index (χ3v) is 1.66. The van der Waals surface area contributed by atoms with Crippen molar-refractivity contribution < 1.29 is 14.6 Å². The summed E-state index contributed by atoms with van der Waals surface area (Å²) >= 11 is 0. The first-order valence-electron chi connectivity index (χ1n) is 4.13. The molecule has 0 amide bonds. The van der Waals surface area contributed by atoms with Gasteiger partial charge in [0.05, 0.1) is 0 Å². The first-order valence-corrected chi connectivity index (χ1v) is 4.13. The minimum absolute atomic E-state index is 0.0580.